The maximum atomic E-state index is 13.4. The number of carbonyl (C=O) groups excluding carboxylic acids is 1. The largest absolute Gasteiger partial charge is 0.378 e. The lowest BCUT2D eigenvalue weighted by atomic mass is 10.1. The molecule has 1 aromatic carbocycles. The van der Waals surface area contributed by atoms with Crippen LogP contribution < -0.4 is 10.0 Å². The Hall–Kier alpha value is -1.72. The van der Waals surface area contributed by atoms with Crippen molar-refractivity contribution in [2.45, 2.75) is 23.8 Å². The fraction of sp³-hybridized carbons (Fsp3) is 0.650. The van der Waals surface area contributed by atoms with E-state index < -0.39 is 10.0 Å². The molecular weight excluding hydrogens is 408 g/mol. The van der Waals surface area contributed by atoms with Crippen molar-refractivity contribution in [1.29, 1.82) is 0 Å². The van der Waals surface area contributed by atoms with Crippen LogP contribution in [0.15, 0.2) is 23.1 Å². The van der Waals surface area contributed by atoms with E-state index in [9.17, 15) is 13.2 Å². The van der Waals surface area contributed by atoms with E-state index in [0.717, 1.165) is 44.8 Å². The summed E-state index contributed by atoms with van der Waals surface area (Å²) in [5, 5.41) is 5.32. The van der Waals surface area contributed by atoms with Gasteiger partial charge in [0.25, 0.3) is 5.91 Å². The van der Waals surface area contributed by atoms with Crippen LogP contribution in [0.2, 0.25) is 0 Å². The molecule has 0 spiro atoms. The monoisotopic (exact) mass is 438 g/mol. The van der Waals surface area contributed by atoms with E-state index in [2.05, 4.69) is 9.80 Å². The molecule has 1 aromatic rings. The van der Waals surface area contributed by atoms with Gasteiger partial charge in [-0.25, -0.2) is 13.6 Å². The molecule has 3 aliphatic heterocycles. The maximum absolute atomic E-state index is 13.4. The Morgan fingerprint density at radius 2 is 1.80 bits per heavy atom. The molecule has 10 heteroatoms. The minimum atomic E-state index is -3.90. The van der Waals surface area contributed by atoms with E-state index in [0.29, 0.717) is 51.1 Å². The predicted molar refractivity (Wildman–Crippen MR) is 112 cm³/mol. The first-order valence-corrected chi connectivity index (χ1v) is 12.1. The summed E-state index contributed by atoms with van der Waals surface area (Å²) in [6, 6.07) is 4.57. The molecule has 1 atom stereocenters. The fourth-order valence-electron chi connectivity index (χ4n) is 4.32. The van der Waals surface area contributed by atoms with E-state index in [1.807, 2.05) is 0 Å². The molecule has 0 saturated carbocycles. The molecule has 1 amide bonds. The van der Waals surface area contributed by atoms with Gasteiger partial charge in [-0.1, -0.05) is 0 Å². The number of amides is 1. The predicted octanol–water partition coefficient (Wildman–Crippen LogP) is 0.107. The van der Waals surface area contributed by atoms with E-state index in [4.69, 9.17) is 14.6 Å². The quantitative estimate of drug-likeness (QED) is 0.695. The van der Waals surface area contributed by atoms with Gasteiger partial charge in [0.05, 0.1) is 29.8 Å². The molecule has 0 aliphatic carbocycles. The van der Waals surface area contributed by atoms with Gasteiger partial charge in [-0.05, 0) is 31.0 Å². The SMILES string of the molecule is NS(=O)(=O)c1ccc(N2CCOCC2)c(C(=O)N2CCN(CC3CCCO3)CC2)c1. The summed E-state index contributed by atoms with van der Waals surface area (Å²) >= 11 is 0. The molecule has 3 fully saturated rings. The second-order valence-corrected chi connectivity index (χ2v) is 9.61. The molecule has 2 N–H and O–H groups in total. The number of sulfonamides is 1. The number of primary sulfonamides is 1. The highest BCUT2D eigenvalue weighted by molar-refractivity contribution is 7.89. The fourth-order valence-corrected chi connectivity index (χ4v) is 4.86. The third kappa shape index (κ3) is 4.94. The van der Waals surface area contributed by atoms with Gasteiger partial charge in [-0.15, -0.1) is 0 Å². The smallest absolute Gasteiger partial charge is 0.256 e. The van der Waals surface area contributed by atoms with Gasteiger partial charge < -0.3 is 19.3 Å². The van der Waals surface area contributed by atoms with E-state index in [-0.39, 0.29) is 10.8 Å². The number of morpholine rings is 1. The Bertz CT molecular complexity index is 858. The van der Waals surface area contributed by atoms with Crippen LogP contribution in [0, 0.1) is 0 Å². The van der Waals surface area contributed by atoms with Crippen LogP contribution in [0.5, 0.6) is 0 Å². The Kier molecular flexibility index (Phi) is 6.59. The number of nitrogens with two attached hydrogens (primary N) is 1. The van der Waals surface area contributed by atoms with Gasteiger partial charge in [-0.2, -0.15) is 0 Å². The molecule has 3 saturated heterocycles. The van der Waals surface area contributed by atoms with Crippen molar-refractivity contribution in [3.63, 3.8) is 0 Å². The highest BCUT2D eigenvalue weighted by Gasteiger charge is 2.28. The third-order valence-corrected chi connectivity index (χ3v) is 6.94. The second-order valence-electron chi connectivity index (χ2n) is 8.05. The summed E-state index contributed by atoms with van der Waals surface area (Å²) in [5.74, 6) is -0.154. The molecule has 0 radical (unpaired) electrons. The lowest BCUT2D eigenvalue weighted by Crippen LogP contribution is -2.50. The molecule has 0 aromatic heterocycles. The molecule has 1 unspecified atom stereocenters. The van der Waals surface area contributed by atoms with Crippen molar-refractivity contribution in [1.82, 2.24) is 9.80 Å². The number of anilines is 1. The summed E-state index contributed by atoms with van der Waals surface area (Å²) < 4.78 is 34.9. The second kappa shape index (κ2) is 9.19. The van der Waals surface area contributed by atoms with Gasteiger partial charge in [0.2, 0.25) is 10.0 Å². The molecule has 30 heavy (non-hydrogen) atoms. The number of nitrogens with zero attached hydrogens (tertiary/aromatic N) is 3. The number of hydrogen-bond donors (Lipinski definition) is 1. The number of hydrogen-bond acceptors (Lipinski definition) is 7. The average molecular weight is 439 g/mol. The molecular formula is C20H30N4O5S. The molecule has 166 valence electrons. The van der Waals surface area contributed by atoms with E-state index >= 15 is 0 Å². The minimum Gasteiger partial charge on any atom is -0.378 e. The van der Waals surface area contributed by atoms with Crippen LogP contribution in [0.25, 0.3) is 0 Å². The van der Waals surface area contributed by atoms with Crippen molar-refractivity contribution >= 4 is 21.6 Å². The minimum absolute atomic E-state index is 0.0418. The number of benzene rings is 1. The topological polar surface area (TPSA) is 105 Å². The Balaban J connectivity index is 1.50. The van der Waals surface area contributed by atoms with Crippen LogP contribution in [0.4, 0.5) is 5.69 Å². The van der Waals surface area contributed by atoms with Crippen molar-refractivity contribution in [3.05, 3.63) is 23.8 Å². The van der Waals surface area contributed by atoms with Crippen LogP contribution >= 0.6 is 0 Å². The van der Waals surface area contributed by atoms with Crippen LogP contribution in [0.3, 0.4) is 0 Å². The van der Waals surface area contributed by atoms with Gasteiger partial charge in [0.1, 0.15) is 0 Å². The van der Waals surface area contributed by atoms with E-state index in [1.54, 1.807) is 11.0 Å². The number of carbonyl (C=O) groups is 1. The molecule has 9 nitrogen and oxygen atoms in total. The third-order valence-electron chi connectivity index (χ3n) is 6.02. The lowest BCUT2D eigenvalue weighted by molar-refractivity contribution is 0.0432. The number of piperazine rings is 1. The van der Waals surface area contributed by atoms with Crippen molar-refractivity contribution < 1.29 is 22.7 Å². The molecule has 4 rings (SSSR count). The molecule has 3 heterocycles. The van der Waals surface area contributed by atoms with Crippen molar-refractivity contribution in [2.24, 2.45) is 5.14 Å². The highest BCUT2D eigenvalue weighted by atomic mass is 32.2. The Labute approximate surface area is 177 Å². The first-order valence-electron chi connectivity index (χ1n) is 10.5. The highest BCUT2D eigenvalue weighted by Crippen LogP contribution is 2.27. The van der Waals surface area contributed by atoms with Gasteiger partial charge in [0.15, 0.2) is 0 Å². The van der Waals surface area contributed by atoms with Crippen LogP contribution in [-0.4, -0.2) is 95.9 Å². The van der Waals surface area contributed by atoms with E-state index in [1.165, 1.54) is 12.1 Å². The summed E-state index contributed by atoms with van der Waals surface area (Å²) in [7, 11) is -3.90. The standard InChI is InChI=1S/C20H30N4O5S/c21-30(26,27)17-3-4-19(23-9-12-28-13-10-23)18(14-17)20(25)24-7-5-22(6-8-24)15-16-2-1-11-29-16/h3-4,14,16H,1-2,5-13,15H2,(H2,21,26,27). The van der Waals surface area contributed by atoms with Gasteiger partial charge >= 0.3 is 0 Å². The average Bonchev–Trinajstić information content (AvgIpc) is 3.26. The normalized spacial score (nSPS) is 23.7. The Morgan fingerprint density at radius 1 is 1.07 bits per heavy atom. The number of rotatable bonds is 5. The zero-order valence-corrected chi connectivity index (χ0v) is 18.0. The van der Waals surface area contributed by atoms with Crippen molar-refractivity contribution in [3.8, 4) is 0 Å². The zero-order chi connectivity index (χ0) is 21.1. The van der Waals surface area contributed by atoms with Gasteiger partial charge in [0, 0.05) is 58.1 Å². The molecule has 0 bridgehead atoms. The first kappa shape index (κ1) is 21.5. The Morgan fingerprint density at radius 3 is 2.43 bits per heavy atom. The zero-order valence-electron chi connectivity index (χ0n) is 17.2. The summed E-state index contributed by atoms with van der Waals surface area (Å²) in [4.78, 5) is 19.5. The maximum Gasteiger partial charge on any atom is 0.256 e. The lowest BCUT2D eigenvalue weighted by Gasteiger charge is -2.37. The summed E-state index contributed by atoms with van der Waals surface area (Å²) in [5.41, 5.74) is 1.12. The van der Waals surface area contributed by atoms with Crippen molar-refractivity contribution in [2.75, 3.05) is 70.5 Å². The van der Waals surface area contributed by atoms with Gasteiger partial charge in [-0.3, -0.25) is 9.69 Å². The van der Waals surface area contributed by atoms with Crippen LogP contribution in [-0.2, 0) is 19.5 Å². The summed E-state index contributed by atoms with van der Waals surface area (Å²) in [6.45, 7) is 6.99. The first-order chi connectivity index (χ1) is 14.4. The molecule has 3 aliphatic rings. The summed E-state index contributed by atoms with van der Waals surface area (Å²) in [6.07, 6.45) is 2.52. The van der Waals surface area contributed by atoms with Crippen LogP contribution in [0.1, 0.15) is 23.2 Å². The number of ether oxygens (including phenoxy) is 2.